The topological polar surface area (TPSA) is 99.9 Å². The van der Waals surface area contributed by atoms with Crippen molar-refractivity contribution >= 4 is 23.4 Å². The van der Waals surface area contributed by atoms with Crippen LogP contribution in [0.5, 0.6) is 17.2 Å². The van der Waals surface area contributed by atoms with E-state index in [0.717, 1.165) is 11.3 Å². The Morgan fingerprint density at radius 3 is 2.38 bits per heavy atom. The molecule has 2 rings (SSSR count). The Kier molecular flexibility index (Phi) is 6.68. The van der Waals surface area contributed by atoms with Crippen molar-refractivity contribution in [2.45, 2.75) is 6.54 Å². The summed E-state index contributed by atoms with van der Waals surface area (Å²) in [5, 5.41) is 2.93. The average molecular weight is 379 g/mol. The highest BCUT2D eigenvalue weighted by molar-refractivity contribution is 6.32. The van der Waals surface area contributed by atoms with E-state index in [-0.39, 0.29) is 29.0 Å². The van der Waals surface area contributed by atoms with Gasteiger partial charge in [0.05, 0.1) is 19.2 Å². The molecule has 7 nitrogen and oxygen atoms in total. The molecule has 0 heterocycles. The molecule has 2 aromatic carbocycles. The highest BCUT2D eigenvalue weighted by Gasteiger charge is 2.16. The average Bonchev–Trinajstić information content (AvgIpc) is 2.64. The van der Waals surface area contributed by atoms with Crippen LogP contribution in [-0.4, -0.2) is 32.6 Å². The van der Waals surface area contributed by atoms with E-state index in [1.54, 1.807) is 7.11 Å². The minimum Gasteiger partial charge on any atom is -0.497 e. The van der Waals surface area contributed by atoms with Crippen molar-refractivity contribution in [2.24, 2.45) is 5.73 Å². The normalized spacial score (nSPS) is 10.1. The van der Waals surface area contributed by atoms with Gasteiger partial charge >= 0.3 is 0 Å². The second-order valence-corrected chi connectivity index (χ2v) is 5.68. The van der Waals surface area contributed by atoms with Gasteiger partial charge in [-0.3, -0.25) is 9.59 Å². The van der Waals surface area contributed by atoms with Crippen molar-refractivity contribution in [3.63, 3.8) is 0 Å². The summed E-state index contributed by atoms with van der Waals surface area (Å²) in [6.45, 7) is -0.0121. The van der Waals surface area contributed by atoms with Gasteiger partial charge in [-0.2, -0.15) is 0 Å². The number of benzene rings is 2. The van der Waals surface area contributed by atoms with E-state index >= 15 is 0 Å². The predicted molar refractivity (Wildman–Crippen MR) is 96.9 cm³/mol. The number of carbonyl (C=O) groups excluding carboxylic acids is 2. The molecule has 0 saturated carbocycles. The Labute approximate surface area is 156 Å². The Morgan fingerprint density at radius 2 is 1.81 bits per heavy atom. The molecule has 3 N–H and O–H groups in total. The molecule has 8 heteroatoms. The predicted octanol–water partition coefficient (Wildman–Crippen LogP) is 2.15. The van der Waals surface area contributed by atoms with Crippen molar-refractivity contribution in [1.82, 2.24) is 5.32 Å². The highest BCUT2D eigenvalue weighted by atomic mass is 35.5. The Balaban J connectivity index is 2.10. The van der Waals surface area contributed by atoms with Crippen LogP contribution in [0.15, 0.2) is 36.4 Å². The zero-order valence-electron chi connectivity index (χ0n) is 14.4. The van der Waals surface area contributed by atoms with Gasteiger partial charge in [-0.1, -0.05) is 23.7 Å². The molecule has 0 aromatic heterocycles. The first-order valence-corrected chi connectivity index (χ1v) is 8.02. The zero-order valence-corrected chi connectivity index (χ0v) is 15.1. The fourth-order valence-corrected chi connectivity index (χ4v) is 2.43. The van der Waals surface area contributed by atoms with E-state index in [1.807, 2.05) is 24.3 Å². The minimum atomic E-state index is -0.649. The molecule has 0 aliphatic heterocycles. The summed E-state index contributed by atoms with van der Waals surface area (Å²) in [5.41, 5.74) is 6.27. The molecule has 0 radical (unpaired) electrons. The zero-order chi connectivity index (χ0) is 19.1. The monoisotopic (exact) mass is 378 g/mol. The number of nitrogens with one attached hydrogen (secondary N) is 1. The molecule has 0 fully saturated rings. The molecule has 0 aliphatic carbocycles. The largest absolute Gasteiger partial charge is 0.497 e. The highest BCUT2D eigenvalue weighted by Crippen LogP contribution is 2.36. The van der Waals surface area contributed by atoms with Crippen molar-refractivity contribution in [2.75, 3.05) is 20.8 Å². The number of primary amides is 1. The molecular weight excluding hydrogens is 360 g/mol. The Bertz CT molecular complexity index is 793. The number of ether oxygens (including phenoxy) is 3. The number of rotatable bonds is 8. The lowest BCUT2D eigenvalue weighted by atomic mass is 10.1. The molecule has 138 valence electrons. The lowest BCUT2D eigenvalue weighted by Gasteiger charge is -2.13. The van der Waals surface area contributed by atoms with Crippen LogP contribution in [0.1, 0.15) is 15.9 Å². The smallest absolute Gasteiger partial charge is 0.255 e. The number of hydrogen-bond donors (Lipinski definition) is 2. The van der Waals surface area contributed by atoms with Crippen LogP contribution in [0.2, 0.25) is 5.02 Å². The van der Waals surface area contributed by atoms with Gasteiger partial charge in [0, 0.05) is 12.1 Å². The summed E-state index contributed by atoms with van der Waals surface area (Å²) in [6.07, 6.45) is 0. The maximum absolute atomic E-state index is 12.4. The maximum atomic E-state index is 12.4. The number of carbonyl (C=O) groups is 2. The summed E-state index contributed by atoms with van der Waals surface area (Å²) >= 11 is 6.14. The third-order valence-corrected chi connectivity index (χ3v) is 3.74. The first-order valence-electron chi connectivity index (χ1n) is 7.64. The van der Waals surface area contributed by atoms with Gasteiger partial charge in [-0.25, -0.2) is 0 Å². The van der Waals surface area contributed by atoms with Crippen LogP contribution in [0.3, 0.4) is 0 Å². The molecule has 0 bridgehead atoms. The first-order chi connectivity index (χ1) is 12.4. The SMILES string of the molecule is COc1ccc(CNC(=O)c2cc(Cl)c(OCC(N)=O)c(OC)c2)cc1. The fraction of sp³-hybridized carbons (Fsp3) is 0.222. The minimum absolute atomic E-state index is 0.139. The van der Waals surface area contributed by atoms with E-state index < -0.39 is 5.91 Å². The summed E-state index contributed by atoms with van der Waals surface area (Å²) in [5.74, 6) is 0.142. The third kappa shape index (κ3) is 5.03. The lowest BCUT2D eigenvalue weighted by molar-refractivity contribution is -0.119. The van der Waals surface area contributed by atoms with Gasteiger partial charge < -0.3 is 25.3 Å². The number of halogens is 1. The van der Waals surface area contributed by atoms with Gasteiger partial charge in [0.1, 0.15) is 5.75 Å². The number of hydrogen-bond acceptors (Lipinski definition) is 5. The van der Waals surface area contributed by atoms with E-state index in [1.165, 1.54) is 19.2 Å². The number of amides is 2. The summed E-state index contributed by atoms with van der Waals surface area (Å²) < 4.78 is 15.5. The first kappa shape index (κ1) is 19.4. The molecule has 0 unspecified atom stereocenters. The van der Waals surface area contributed by atoms with Gasteiger partial charge in [0.25, 0.3) is 11.8 Å². The number of methoxy groups -OCH3 is 2. The molecule has 0 atom stereocenters. The summed E-state index contributed by atoms with van der Waals surface area (Å²) in [4.78, 5) is 23.2. The van der Waals surface area contributed by atoms with Crippen LogP contribution < -0.4 is 25.3 Å². The maximum Gasteiger partial charge on any atom is 0.255 e. The Morgan fingerprint density at radius 1 is 1.12 bits per heavy atom. The molecule has 0 saturated heterocycles. The van der Waals surface area contributed by atoms with Crippen molar-refractivity contribution in [3.8, 4) is 17.2 Å². The number of nitrogens with two attached hydrogens (primary N) is 1. The van der Waals surface area contributed by atoms with Crippen LogP contribution in [0.25, 0.3) is 0 Å². The summed E-state index contributed by atoms with van der Waals surface area (Å²) in [7, 11) is 2.99. The third-order valence-electron chi connectivity index (χ3n) is 3.46. The lowest BCUT2D eigenvalue weighted by Crippen LogP contribution is -2.23. The van der Waals surface area contributed by atoms with E-state index in [2.05, 4.69) is 5.32 Å². The molecular formula is C18H19ClN2O5. The molecule has 0 spiro atoms. The van der Waals surface area contributed by atoms with Crippen LogP contribution >= 0.6 is 11.6 Å². The molecule has 2 aromatic rings. The van der Waals surface area contributed by atoms with Crippen LogP contribution in [0, 0.1) is 0 Å². The standard InChI is InChI=1S/C18H19ClN2O5/c1-24-13-5-3-11(4-6-13)9-21-18(23)12-7-14(19)17(15(8-12)25-2)26-10-16(20)22/h3-8H,9-10H2,1-2H3,(H2,20,22)(H,21,23). The second-order valence-electron chi connectivity index (χ2n) is 5.28. The fourth-order valence-electron chi connectivity index (χ4n) is 2.16. The van der Waals surface area contributed by atoms with Crippen LogP contribution in [-0.2, 0) is 11.3 Å². The summed E-state index contributed by atoms with van der Waals surface area (Å²) in [6, 6.07) is 10.2. The van der Waals surface area contributed by atoms with Gasteiger partial charge in [-0.15, -0.1) is 0 Å². The van der Waals surface area contributed by atoms with Crippen molar-refractivity contribution < 1.29 is 23.8 Å². The molecule has 0 aliphatic rings. The second kappa shape index (κ2) is 8.96. The van der Waals surface area contributed by atoms with Gasteiger partial charge in [0.2, 0.25) is 0 Å². The van der Waals surface area contributed by atoms with Gasteiger partial charge in [-0.05, 0) is 29.8 Å². The van der Waals surface area contributed by atoms with E-state index in [9.17, 15) is 9.59 Å². The Hall–Kier alpha value is -2.93. The molecule has 2 amide bonds. The van der Waals surface area contributed by atoms with E-state index in [0.29, 0.717) is 12.1 Å². The van der Waals surface area contributed by atoms with E-state index in [4.69, 9.17) is 31.5 Å². The quantitative estimate of drug-likeness (QED) is 0.733. The van der Waals surface area contributed by atoms with Crippen LogP contribution in [0.4, 0.5) is 0 Å². The van der Waals surface area contributed by atoms with Crippen molar-refractivity contribution in [3.05, 3.63) is 52.5 Å². The molecule has 26 heavy (non-hydrogen) atoms. The van der Waals surface area contributed by atoms with Crippen molar-refractivity contribution in [1.29, 1.82) is 0 Å². The van der Waals surface area contributed by atoms with Gasteiger partial charge in [0.15, 0.2) is 18.1 Å².